The van der Waals surface area contributed by atoms with Crippen LogP contribution >= 0.6 is 0 Å². The minimum atomic E-state index is -3.30. The maximum absolute atomic E-state index is 10.7. The number of aryl methyl sites for hydroxylation is 1. The number of sulfonamides is 1. The molecule has 0 heterocycles. The van der Waals surface area contributed by atoms with E-state index >= 15 is 0 Å². The SMILES string of the molecule is Cc1cccc(OCCCCCCS(N)(=O)=O)c1. The van der Waals surface area contributed by atoms with Crippen LogP contribution in [0.1, 0.15) is 31.2 Å². The second-order valence-electron chi connectivity index (χ2n) is 4.45. The second kappa shape index (κ2) is 7.38. The van der Waals surface area contributed by atoms with Crippen LogP contribution in [-0.2, 0) is 10.0 Å². The van der Waals surface area contributed by atoms with Gasteiger partial charge in [-0.2, -0.15) is 0 Å². The van der Waals surface area contributed by atoms with E-state index in [4.69, 9.17) is 9.88 Å². The van der Waals surface area contributed by atoms with Crippen molar-refractivity contribution in [3.8, 4) is 5.75 Å². The van der Waals surface area contributed by atoms with Crippen LogP contribution in [0, 0.1) is 6.92 Å². The van der Waals surface area contributed by atoms with E-state index in [1.54, 1.807) is 0 Å². The summed E-state index contributed by atoms with van der Waals surface area (Å²) in [6.45, 7) is 2.69. The van der Waals surface area contributed by atoms with Crippen molar-refractivity contribution < 1.29 is 13.2 Å². The van der Waals surface area contributed by atoms with E-state index in [1.165, 1.54) is 5.56 Å². The van der Waals surface area contributed by atoms with E-state index < -0.39 is 10.0 Å². The molecule has 1 rings (SSSR count). The second-order valence-corrected chi connectivity index (χ2v) is 6.18. The number of hydrogen-bond acceptors (Lipinski definition) is 3. The van der Waals surface area contributed by atoms with E-state index in [0.29, 0.717) is 13.0 Å². The van der Waals surface area contributed by atoms with Gasteiger partial charge in [-0.3, -0.25) is 0 Å². The number of unbranched alkanes of at least 4 members (excludes halogenated alkanes) is 3. The lowest BCUT2D eigenvalue weighted by molar-refractivity contribution is 0.305. The van der Waals surface area contributed by atoms with Crippen LogP contribution in [0.3, 0.4) is 0 Å². The fourth-order valence-electron chi connectivity index (χ4n) is 1.65. The van der Waals surface area contributed by atoms with Gasteiger partial charge < -0.3 is 4.74 Å². The summed E-state index contributed by atoms with van der Waals surface area (Å²) in [4.78, 5) is 0. The van der Waals surface area contributed by atoms with E-state index in [1.807, 2.05) is 31.2 Å². The average Bonchev–Trinajstić information content (AvgIpc) is 2.26. The molecular formula is C13H21NO3S. The molecule has 5 heteroatoms. The molecule has 18 heavy (non-hydrogen) atoms. The number of ether oxygens (including phenoxy) is 1. The first-order valence-electron chi connectivity index (χ1n) is 6.17. The predicted octanol–water partition coefficient (Wildman–Crippen LogP) is 2.22. The van der Waals surface area contributed by atoms with Crippen molar-refractivity contribution in [2.45, 2.75) is 32.6 Å². The first kappa shape index (κ1) is 15.0. The highest BCUT2D eigenvalue weighted by Gasteiger charge is 2.01. The molecule has 0 aliphatic carbocycles. The summed E-state index contributed by atoms with van der Waals surface area (Å²) in [5.74, 6) is 0.964. The third-order valence-corrected chi connectivity index (χ3v) is 3.44. The normalized spacial score (nSPS) is 11.4. The highest BCUT2D eigenvalue weighted by molar-refractivity contribution is 7.89. The topological polar surface area (TPSA) is 69.4 Å². The molecule has 0 amide bonds. The van der Waals surface area contributed by atoms with Gasteiger partial charge in [-0.1, -0.05) is 25.0 Å². The Morgan fingerprint density at radius 1 is 1.17 bits per heavy atom. The first-order valence-corrected chi connectivity index (χ1v) is 7.89. The van der Waals surface area contributed by atoms with Gasteiger partial charge >= 0.3 is 0 Å². The molecular weight excluding hydrogens is 250 g/mol. The molecule has 102 valence electrons. The summed E-state index contributed by atoms with van der Waals surface area (Å²) in [5, 5.41) is 4.91. The molecule has 0 aliphatic rings. The Hall–Kier alpha value is -1.07. The van der Waals surface area contributed by atoms with Crippen molar-refractivity contribution in [1.29, 1.82) is 0 Å². The molecule has 0 radical (unpaired) electrons. The van der Waals surface area contributed by atoms with Crippen molar-refractivity contribution in [1.82, 2.24) is 0 Å². The lowest BCUT2D eigenvalue weighted by atomic mass is 10.2. The Labute approximate surface area is 109 Å². The van der Waals surface area contributed by atoms with Crippen molar-refractivity contribution in [2.75, 3.05) is 12.4 Å². The van der Waals surface area contributed by atoms with Crippen LogP contribution in [0.2, 0.25) is 0 Å². The smallest absolute Gasteiger partial charge is 0.209 e. The van der Waals surface area contributed by atoms with E-state index in [2.05, 4.69) is 0 Å². The van der Waals surface area contributed by atoms with Gasteiger partial charge in [-0.15, -0.1) is 0 Å². The van der Waals surface area contributed by atoms with Crippen LogP contribution in [0.5, 0.6) is 5.75 Å². The molecule has 0 unspecified atom stereocenters. The highest BCUT2D eigenvalue weighted by Crippen LogP contribution is 2.13. The average molecular weight is 271 g/mol. The molecule has 0 aromatic heterocycles. The van der Waals surface area contributed by atoms with Gasteiger partial charge in [0.1, 0.15) is 5.75 Å². The van der Waals surface area contributed by atoms with Crippen molar-refractivity contribution >= 4 is 10.0 Å². The highest BCUT2D eigenvalue weighted by atomic mass is 32.2. The lowest BCUT2D eigenvalue weighted by Gasteiger charge is -2.06. The van der Waals surface area contributed by atoms with E-state index in [0.717, 1.165) is 25.0 Å². The fraction of sp³-hybridized carbons (Fsp3) is 0.538. The maximum Gasteiger partial charge on any atom is 0.209 e. The summed E-state index contributed by atoms with van der Waals surface area (Å²) in [6.07, 6.45) is 3.39. The molecule has 0 fully saturated rings. The monoisotopic (exact) mass is 271 g/mol. The lowest BCUT2D eigenvalue weighted by Crippen LogP contribution is -2.16. The van der Waals surface area contributed by atoms with E-state index in [9.17, 15) is 8.42 Å². The van der Waals surface area contributed by atoms with Crippen LogP contribution in [0.15, 0.2) is 24.3 Å². The minimum absolute atomic E-state index is 0.0751. The summed E-state index contributed by atoms with van der Waals surface area (Å²) in [5.41, 5.74) is 1.18. The van der Waals surface area contributed by atoms with Crippen molar-refractivity contribution in [3.05, 3.63) is 29.8 Å². The summed E-state index contributed by atoms with van der Waals surface area (Å²) in [6, 6.07) is 7.94. The number of hydrogen-bond donors (Lipinski definition) is 1. The summed E-state index contributed by atoms with van der Waals surface area (Å²) < 4.78 is 27.0. The quantitative estimate of drug-likeness (QED) is 0.737. The third kappa shape index (κ3) is 7.29. The third-order valence-electron chi connectivity index (χ3n) is 2.58. The standard InChI is InChI=1S/C13H21NO3S/c1-12-7-6-8-13(11-12)17-9-4-2-3-5-10-18(14,15)16/h6-8,11H,2-5,9-10H2,1H3,(H2,14,15,16). The zero-order chi connectivity index (χ0) is 13.4. The molecule has 0 bridgehead atoms. The van der Waals surface area contributed by atoms with Gasteiger partial charge in [0.2, 0.25) is 10.0 Å². The first-order chi connectivity index (χ1) is 8.47. The largest absolute Gasteiger partial charge is 0.494 e. The van der Waals surface area contributed by atoms with Crippen molar-refractivity contribution in [3.63, 3.8) is 0 Å². The Balaban J connectivity index is 2.06. The molecule has 0 saturated heterocycles. The summed E-state index contributed by atoms with van der Waals surface area (Å²) in [7, 11) is -3.30. The zero-order valence-corrected chi connectivity index (χ0v) is 11.6. The van der Waals surface area contributed by atoms with Gasteiger partial charge in [0.15, 0.2) is 0 Å². The molecule has 4 nitrogen and oxygen atoms in total. The van der Waals surface area contributed by atoms with Crippen LogP contribution < -0.4 is 9.88 Å². The minimum Gasteiger partial charge on any atom is -0.494 e. The molecule has 0 saturated carbocycles. The molecule has 1 aromatic rings. The Morgan fingerprint density at radius 2 is 1.89 bits per heavy atom. The Kier molecular flexibility index (Phi) is 6.15. The zero-order valence-electron chi connectivity index (χ0n) is 10.8. The van der Waals surface area contributed by atoms with Gasteiger partial charge in [-0.25, -0.2) is 13.6 Å². The molecule has 0 aliphatic heterocycles. The van der Waals surface area contributed by atoms with Gasteiger partial charge in [0, 0.05) is 0 Å². The van der Waals surface area contributed by atoms with Gasteiger partial charge in [0.25, 0.3) is 0 Å². The van der Waals surface area contributed by atoms with Gasteiger partial charge in [-0.05, 0) is 37.5 Å². The van der Waals surface area contributed by atoms with Crippen LogP contribution in [0.4, 0.5) is 0 Å². The number of rotatable bonds is 8. The number of primary sulfonamides is 1. The van der Waals surface area contributed by atoms with Crippen LogP contribution in [0.25, 0.3) is 0 Å². The van der Waals surface area contributed by atoms with E-state index in [-0.39, 0.29) is 5.75 Å². The van der Waals surface area contributed by atoms with Crippen molar-refractivity contribution in [2.24, 2.45) is 5.14 Å². The Morgan fingerprint density at radius 3 is 2.56 bits per heavy atom. The predicted molar refractivity (Wildman–Crippen MR) is 73.1 cm³/mol. The van der Waals surface area contributed by atoms with Crippen LogP contribution in [-0.4, -0.2) is 20.8 Å². The fourth-order valence-corrected chi connectivity index (χ4v) is 2.26. The maximum atomic E-state index is 10.7. The Bertz CT molecular complexity index is 457. The number of nitrogens with two attached hydrogens (primary N) is 1. The van der Waals surface area contributed by atoms with Gasteiger partial charge in [0.05, 0.1) is 12.4 Å². The molecule has 1 aromatic carbocycles. The summed E-state index contributed by atoms with van der Waals surface area (Å²) >= 11 is 0. The molecule has 2 N–H and O–H groups in total. The molecule has 0 spiro atoms. The molecule has 0 atom stereocenters. The number of benzene rings is 1.